The third kappa shape index (κ3) is 2.53. The lowest BCUT2D eigenvalue weighted by atomic mass is 10.2. The fourth-order valence-corrected chi connectivity index (χ4v) is 1.99. The van der Waals surface area contributed by atoms with Crippen LogP contribution in [0.1, 0.15) is 22.5 Å². The van der Waals surface area contributed by atoms with Crippen molar-refractivity contribution in [1.29, 1.82) is 5.26 Å². The lowest BCUT2D eigenvalue weighted by Gasteiger charge is -2.01. The zero-order valence-corrected chi connectivity index (χ0v) is 12.4. The van der Waals surface area contributed by atoms with Crippen molar-refractivity contribution in [3.05, 3.63) is 39.1 Å². The number of hydrogen-bond acceptors (Lipinski definition) is 5. The van der Waals surface area contributed by atoms with Gasteiger partial charge in [0.2, 0.25) is 5.88 Å². The number of rotatable bonds is 2. The van der Waals surface area contributed by atoms with Gasteiger partial charge in [0.1, 0.15) is 28.9 Å². The van der Waals surface area contributed by atoms with E-state index in [4.69, 9.17) is 9.68 Å². The van der Waals surface area contributed by atoms with E-state index in [2.05, 4.69) is 20.9 Å². The van der Waals surface area contributed by atoms with Gasteiger partial charge in [0, 0.05) is 23.4 Å². The number of halogens is 1. The maximum Gasteiger partial charge on any atom is 0.237 e. The van der Waals surface area contributed by atoms with E-state index < -0.39 is 0 Å². The fourth-order valence-electron chi connectivity index (χ4n) is 1.63. The summed E-state index contributed by atoms with van der Waals surface area (Å²) in [5, 5.41) is 28.2. The molecule has 0 aliphatic rings. The summed E-state index contributed by atoms with van der Waals surface area (Å²) in [4.78, 5) is 4.08. The van der Waals surface area contributed by atoms with Crippen molar-refractivity contribution in [1.82, 2.24) is 0 Å². The van der Waals surface area contributed by atoms with Crippen molar-refractivity contribution in [2.75, 3.05) is 0 Å². The summed E-state index contributed by atoms with van der Waals surface area (Å²) in [6.45, 7) is 3.54. The molecule has 0 aliphatic heterocycles. The summed E-state index contributed by atoms with van der Waals surface area (Å²) >= 11 is 3.15. The minimum atomic E-state index is -0.118. The molecule has 1 aromatic carbocycles. The first kappa shape index (κ1) is 14.2. The molecule has 0 radical (unpaired) electrons. The van der Waals surface area contributed by atoms with Crippen LogP contribution in [0.25, 0.3) is 0 Å². The Balaban J connectivity index is 2.43. The third-order valence-electron chi connectivity index (χ3n) is 2.90. The van der Waals surface area contributed by atoms with Crippen LogP contribution in [0, 0.1) is 25.2 Å². The number of aliphatic imine (C=N–C) groups is 1. The summed E-state index contributed by atoms with van der Waals surface area (Å²) in [5.74, 6) is 0.644. The van der Waals surface area contributed by atoms with Crippen molar-refractivity contribution >= 4 is 28.0 Å². The zero-order valence-electron chi connectivity index (χ0n) is 10.8. The monoisotopic (exact) mass is 334 g/mol. The van der Waals surface area contributed by atoms with E-state index in [-0.39, 0.29) is 17.4 Å². The van der Waals surface area contributed by atoms with Crippen LogP contribution in [0.4, 0.5) is 5.88 Å². The lowest BCUT2D eigenvalue weighted by molar-refractivity contribution is 0.448. The van der Waals surface area contributed by atoms with Crippen LogP contribution in [-0.2, 0) is 0 Å². The average Bonchev–Trinajstić information content (AvgIpc) is 2.67. The predicted molar refractivity (Wildman–Crippen MR) is 77.6 cm³/mol. The lowest BCUT2D eigenvalue weighted by Crippen LogP contribution is -1.83. The molecule has 0 aliphatic carbocycles. The molecule has 0 saturated carbocycles. The standard InChI is InChI=1S/C14H11BrN2O3/c1-7-8(2)20-14(10(7)5-16)17-6-9-3-11(15)13(19)4-12(9)18/h3-4,6,18-19H,1-2H3. The van der Waals surface area contributed by atoms with Crippen LogP contribution >= 0.6 is 15.9 Å². The van der Waals surface area contributed by atoms with Crippen LogP contribution in [0.15, 0.2) is 26.0 Å². The molecule has 2 aromatic rings. The number of aryl methyl sites for hydroxylation is 1. The number of benzene rings is 1. The molecule has 0 atom stereocenters. The van der Waals surface area contributed by atoms with E-state index in [1.807, 2.05) is 6.07 Å². The minimum Gasteiger partial charge on any atom is -0.507 e. The molecule has 0 amide bonds. The van der Waals surface area contributed by atoms with Crippen LogP contribution in [0.2, 0.25) is 0 Å². The highest BCUT2D eigenvalue weighted by Crippen LogP contribution is 2.32. The summed E-state index contributed by atoms with van der Waals surface area (Å²) in [7, 11) is 0. The molecule has 0 unspecified atom stereocenters. The van der Waals surface area contributed by atoms with E-state index in [1.165, 1.54) is 18.3 Å². The van der Waals surface area contributed by atoms with Crippen molar-refractivity contribution < 1.29 is 14.6 Å². The molecule has 0 saturated heterocycles. The topological polar surface area (TPSA) is 89.8 Å². The largest absolute Gasteiger partial charge is 0.507 e. The molecule has 0 fully saturated rings. The molecule has 2 N–H and O–H groups in total. The van der Waals surface area contributed by atoms with Crippen molar-refractivity contribution in [3.8, 4) is 17.6 Å². The Bertz CT molecular complexity index is 742. The summed E-state index contributed by atoms with van der Waals surface area (Å²) in [6, 6.07) is 4.76. The van der Waals surface area contributed by atoms with E-state index in [0.29, 0.717) is 21.4 Å². The van der Waals surface area contributed by atoms with E-state index >= 15 is 0 Å². The van der Waals surface area contributed by atoms with Gasteiger partial charge in [-0.2, -0.15) is 5.26 Å². The molecular weight excluding hydrogens is 324 g/mol. The van der Waals surface area contributed by atoms with Gasteiger partial charge in [0.15, 0.2) is 0 Å². The Morgan fingerprint density at radius 3 is 2.65 bits per heavy atom. The fraction of sp³-hybridized carbons (Fsp3) is 0.143. The van der Waals surface area contributed by atoms with Crippen LogP contribution in [-0.4, -0.2) is 16.4 Å². The van der Waals surface area contributed by atoms with Crippen LogP contribution in [0.5, 0.6) is 11.5 Å². The molecule has 0 bridgehead atoms. The second-order valence-electron chi connectivity index (χ2n) is 4.20. The van der Waals surface area contributed by atoms with E-state index in [1.54, 1.807) is 13.8 Å². The van der Waals surface area contributed by atoms with Gasteiger partial charge in [-0.3, -0.25) is 0 Å². The number of aromatic hydroxyl groups is 2. The molecule has 1 aromatic heterocycles. The molecule has 5 nitrogen and oxygen atoms in total. The smallest absolute Gasteiger partial charge is 0.237 e. The summed E-state index contributed by atoms with van der Waals surface area (Å²) in [6.07, 6.45) is 1.37. The highest BCUT2D eigenvalue weighted by Gasteiger charge is 2.13. The number of hydrogen-bond donors (Lipinski definition) is 2. The molecule has 2 rings (SSSR count). The molecule has 0 spiro atoms. The highest BCUT2D eigenvalue weighted by molar-refractivity contribution is 9.10. The Labute approximate surface area is 123 Å². The van der Waals surface area contributed by atoms with Crippen molar-refractivity contribution in [2.24, 2.45) is 4.99 Å². The van der Waals surface area contributed by atoms with Crippen molar-refractivity contribution in [2.45, 2.75) is 13.8 Å². The van der Waals surface area contributed by atoms with Gasteiger partial charge in [-0.15, -0.1) is 0 Å². The average molecular weight is 335 g/mol. The summed E-state index contributed by atoms with van der Waals surface area (Å²) in [5.41, 5.74) is 1.51. The number of nitrogens with zero attached hydrogens (tertiary/aromatic N) is 2. The number of phenols is 2. The van der Waals surface area contributed by atoms with Crippen molar-refractivity contribution in [3.63, 3.8) is 0 Å². The van der Waals surface area contributed by atoms with Gasteiger partial charge < -0.3 is 14.6 Å². The van der Waals surface area contributed by atoms with Gasteiger partial charge >= 0.3 is 0 Å². The molecular formula is C14H11BrN2O3. The third-order valence-corrected chi connectivity index (χ3v) is 3.53. The Hall–Kier alpha value is -2.26. The minimum absolute atomic E-state index is 0.0675. The number of furan rings is 1. The van der Waals surface area contributed by atoms with Gasteiger partial charge in [0.05, 0.1) is 4.47 Å². The molecule has 6 heteroatoms. The maximum absolute atomic E-state index is 9.71. The van der Waals surface area contributed by atoms with E-state index in [9.17, 15) is 10.2 Å². The van der Waals surface area contributed by atoms with Gasteiger partial charge in [0.25, 0.3) is 0 Å². The first-order valence-corrected chi connectivity index (χ1v) is 6.49. The second kappa shape index (κ2) is 5.39. The maximum atomic E-state index is 9.71. The number of nitriles is 1. The van der Waals surface area contributed by atoms with Gasteiger partial charge in [-0.25, -0.2) is 4.99 Å². The van der Waals surface area contributed by atoms with Gasteiger partial charge in [-0.05, 0) is 35.8 Å². The Kier molecular flexibility index (Phi) is 3.81. The number of phenolic OH excluding ortho intramolecular Hbond substituents is 2. The molecule has 102 valence electrons. The Morgan fingerprint density at radius 2 is 2.00 bits per heavy atom. The first-order chi connectivity index (χ1) is 9.43. The van der Waals surface area contributed by atoms with Gasteiger partial charge in [-0.1, -0.05) is 0 Å². The highest BCUT2D eigenvalue weighted by atomic mass is 79.9. The summed E-state index contributed by atoms with van der Waals surface area (Å²) < 4.78 is 5.82. The molecule has 1 heterocycles. The van der Waals surface area contributed by atoms with Crippen LogP contribution in [0.3, 0.4) is 0 Å². The SMILES string of the molecule is Cc1oc(N=Cc2cc(Br)c(O)cc2O)c(C#N)c1C. The first-order valence-electron chi connectivity index (χ1n) is 5.69. The normalized spacial score (nSPS) is 10.9. The van der Waals surface area contributed by atoms with E-state index in [0.717, 1.165) is 5.56 Å². The predicted octanol–water partition coefficient (Wildman–Crippen LogP) is 3.69. The van der Waals surface area contributed by atoms with Crippen LogP contribution < -0.4 is 0 Å². The second-order valence-corrected chi connectivity index (χ2v) is 5.05. The quantitative estimate of drug-likeness (QED) is 0.819. The molecule has 20 heavy (non-hydrogen) atoms. The zero-order chi connectivity index (χ0) is 14.9. The Morgan fingerprint density at radius 1 is 1.30 bits per heavy atom.